The number of ether oxygens (including phenoxy) is 2. The lowest BCUT2D eigenvalue weighted by molar-refractivity contribution is -0.150. The molecule has 0 saturated heterocycles. The molecule has 1 aliphatic rings. The summed E-state index contributed by atoms with van der Waals surface area (Å²) in [6, 6.07) is 5.15. The highest BCUT2D eigenvalue weighted by Gasteiger charge is 2.44. The van der Waals surface area contributed by atoms with Crippen molar-refractivity contribution in [2.45, 2.75) is 39.5 Å². The van der Waals surface area contributed by atoms with Crippen molar-refractivity contribution in [1.82, 2.24) is 10.2 Å². The molecule has 1 heterocycles. The third kappa shape index (κ3) is 6.84. The normalized spacial score (nSPS) is 17.5. The standard InChI is InChI=1S/C24H29Cl2N3O5S/c1-5-8-29(9-6-2)18(30)13-35-23-15(12-27)19(20(22(31)28-23)24(32)33-4)14-10-16(25)21(34-7-3)17(26)11-14/h10-11,19-20H,5-9,13H2,1-4H3,(H,28,31)/t19-,20-/m1/s1. The van der Waals surface area contributed by atoms with Gasteiger partial charge in [0.15, 0.2) is 5.75 Å². The molecule has 11 heteroatoms. The fourth-order valence-electron chi connectivity index (χ4n) is 3.85. The van der Waals surface area contributed by atoms with Crippen molar-refractivity contribution in [2.75, 3.05) is 32.6 Å². The number of hydrogen-bond donors (Lipinski definition) is 1. The number of benzene rings is 1. The summed E-state index contributed by atoms with van der Waals surface area (Å²) < 4.78 is 10.3. The fraction of sp³-hybridized carbons (Fsp3) is 0.500. The van der Waals surface area contributed by atoms with Crippen LogP contribution in [0.3, 0.4) is 0 Å². The molecular weight excluding hydrogens is 513 g/mol. The molecule has 0 aliphatic carbocycles. The molecule has 1 N–H and O–H groups in total. The van der Waals surface area contributed by atoms with Crippen molar-refractivity contribution in [3.63, 3.8) is 0 Å². The van der Waals surface area contributed by atoms with Gasteiger partial charge in [0, 0.05) is 19.0 Å². The van der Waals surface area contributed by atoms with E-state index >= 15 is 0 Å². The number of allylic oxidation sites excluding steroid dienone is 1. The Hall–Kier alpha value is -2.41. The average molecular weight is 542 g/mol. The van der Waals surface area contributed by atoms with Crippen molar-refractivity contribution < 1.29 is 23.9 Å². The van der Waals surface area contributed by atoms with Crippen molar-refractivity contribution in [3.05, 3.63) is 38.3 Å². The SMILES string of the molecule is CCCN(CCC)C(=O)CSC1=C(C#N)[C@@H](c2cc(Cl)c(OCC)c(Cl)c2)[C@@H](C(=O)OC)C(=O)N1. The second-order valence-corrected chi connectivity index (χ2v) is 9.54. The quantitative estimate of drug-likeness (QED) is 0.324. The first-order chi connectivity index (χ1) is 16.7. The van der Waals surface area contributed by atoms with Crippen LogP contribution in [-0.4, -0.2) is 55.2 Å². The molecule has 1 aromatic rings. The Labute approximate surface area is 219 Å². The van der Waals surface area contributed by atoms with Crippen LogP contribution in [0.1, 0.15) is 45.1 Å². The lowest BCUT2D eigenvalue weighted by atomic mass is 9.78. The van der Waals surface area contributed by atoms with Crippen LogP contribution in [-0.2, 0) is 19.1 Å². The highest BCUT2D eigenvalue weighted by Crippen LogP contribution is 2.44. The van der Waals surface area contributed by atoms with E-state index in [4.69, 9.17) is 32.7 Å². The number of esters is 1. The minimum Gasteiger partial charge on any atom is -0.491 e. The van der Waals surface area contributed by atoms with Gasteiger partial charge < -0.3 is 19.7 Å². The first kappa shape index (κ1) is 28.8. The summed E-state index contributed by atoms with van der Waals surface area (Å²) >= 11 is 13.8. The molecule has 0 spiro atoms. The maximum Gasteiger partial charge on any atom is 0.319 e. The maximum absolute atomic E-state index is 13.0. The van der Waals surface area contributed by atoms with Gasteiger partial charge in [0.05, 0.1) is 46.2 Å². The first-order valence-electron chi connectivity index (χ1n) is 11.3. The van der Waals surface area contributed by atoms with E-state index in [0.29, 0.717) is 25.3 Å². The van der Waals surface area contributed by atoms with E-state index < -0.39 is 23.7 Å². The van der Waals surface area contributed by atoms with Gasteiger partial charge >= 0.3 is 5.97 Å². The molecule has 0 bridgehead atoms. The summed E-state index contributed by atoms with van der Waals surface area (Å²) in [4.78, 5) is 40.1. The van der Waals surface area contributed by atoms with Crippen molar-refractivity contribution >= 4 is 52.7 Å². The molecule has 2 amide bonds. The average Bonchev–Trinajstić information content (AvgIpc) is 2.83. The zero-order valence-corrected chi connectivity index (χ0v) is 22.5. The third-order valence-corrected chi connectivity index (χ3v) is 6.90. The predicted molar refractivity (Wildman–Crippen MR) is 136 cm³/mol. The largest absolute Gasteiger partial charge is 0.491 e. The van der Waals surface area contributed by atoms with E-state index in [9.17, 15) is 19.6 Å². The number of nitriles is 1. The molecule has 0 saturated carbocycles. The van der Waals surface area contributed by atoms with Crippen molar-refractivity contribution in [1.29, 1.82) is 5.26 Å². The zero-order chi connectivity index (χ0) is 26.1. The van der Waals surface area contributed by atoms with Crippen LogP contribution in [0.4, 0.5) is 0 Å². The number of amides is 2. The molecule has 1 aromatic carbocycles. The Kier molecular flexibility index (Phi) is 11.2. The first-order valence-corrected chi connectivity index (χ1v) is 13.0. The molecule has 0 unspecified atom stereocenters. The summed E-state index contributed by atoms with van der Waals surface area (Å²) in [5, 5.41) is 13.3. The Morgan fingerprint density at radius 3 is 2.26 bits per heavy atom. The number of carbonyl (C=O) groups is 3. The lowest BCUT2D eigenvalue weighted by Crippen LogP contribution is -2.44. The van der Waals surface area contributed by atoms with Gasteiger partial charge in [-0.25, -0.2) is 0 Å². The van der Waals surface area contributed by atoms with Crippen LogP contribution in [0.2, 0.25) is 10.0 Å². The van der Waals surface area contributed by atoms with Crippen molar-refractivity contribution in [2.24, 2.45) is 5.92 Å². The predicted octanol–water partition coefficient (Wildman–Crippen LogP) is 4.51. The number of carbonyl (C=O) groups excluding carboxylic acids is 3. The number of methoxy groups -OCH3 is 1. The lowest BCUT2D eigenvalue weighted by Gasteiger charge is -2.31. The fourth-order valence-corrected chi connectivity index (χ4v) is 5.41. The van der Waals surface area contributed by atoms with E-state index in [1.807, 2.05) is 13.8 Å². The molecule has 0 fully saturated rings. The molecule has 190 valence electrons. The zero-order valence-electron chi connectivity index (χ0n) is 20.2. The Balaban J connectivity index is 2.52. The highest BCUT2D eigenvalue weighted by atomic mass is 35.5. The second-order valence-electron chi connectivity index (χ2n) is 7.74. The van der Waals surface area contributed by atoms with Crippen molar-refractivity contribution in [3.8, 4) is 11.8 Å². The van der Waals surface area contributed by atoms with Gasteiger partial charge in [0.1, 0.15) is 5.92 Å². The second kappa shape index (κ2) is 13.6. The van der Waals surface area contributed by atoms with E-state index in [2.05, 4.69) is 11.4 Å². The maximum atomic E-state index is 13.0. The molecule has 2 rings (SSSR count). The number of nitrogens with zero attached hydrogens (tertiary/aromatic N) is 2. The molecule has 1 aliphatic heterocycles. The summed E-state index contributed by atoms with van der Waals surface area (Å²) in [5.74, 6) is -3.60. The Morgan fingerprint density at radius 2 is 1.77 bits per heavy atom. The van der Waals surface area contributed by atoms with Crippen LogP contribution in [0.25, 0.3) is 0 Å². The molecule has 8 nitrogen and oxygen atoms in total. The Bertz CT molecular complexity index is 1010. The third-order valence-electron chi connectivity index (χ3n) is 5.33. The number of nitrogens with one attached hydrogen (secondary N) is 1. The number of hydrogen-bond acceptors (Lipinski definition) is 7. The highest BCUT2D eigenvalue weighted by molar-refractivity contribution is 8.03. The molecular formula is C24H29Cl2N3O5S. The van der Waals surface area contributed by atoms with Crippen LogP contribution in [0.5, 0.6) is 5.75 Å². The number of halogens is 2. The molecule has 0 aromatic heterocycles. The van der Waals surface area contributed by atoms with Gasteiger partial charge in [-0.05, 0) is 37.5 Å². The smallest absolute Gasteiger partial charge is 0.319 e. The van der Waals surface area contributed by atoms with Gasteiger partial charge in [0.2, 0.25) is 11.8 Å². The summed E-state index contributed by atoms with van der Waals surface area (Å²) in [6.45, 7) is 7.35. The van der Waals surface area contributed by atoms with E-state index in [1.54, 1.807) is 11.8 Å². The number of thioether (sulfide) groups is 1. The van der Waals surface area contributed by atoms with Gasteiger partial charge in [0.25, 0.3) is 0 Å². The summed E-state index contributed by atoms with van der Waals surface area (Å²) in [5.41, 5.74) is 0.500. The van der Waals surface area contributed by atoms with Gasteiger partial charge in [-0.2, -0.15) is 5.26 Å². The van der Waals surface area contributed by atoms with E-state index in [0.717, 1.165) is 24.6 Å². The van der Waals surface area contributed by atoms with Crippen LogP contribution < -0.4 is 10.1 Å². The minimum absolute atomic E-state index is 0.0290. The number of rotatable bonds is 11. The topological polar surface area (TPSA) is 109 Å². The van der Waals surface area contributed by atoms with E-state index in [-0.39, 0.29) is 38.1 Å². The minimum atomic E-state index is -1.34. The van der Waals surface area contributed by atoms with Gasteiger partial charge in [-0.15, -0.1) is 0 Å². The van der Waals surface area contributed by atoms with Crippen LogP contribution in [0, 0.1) is 17.2 Å². The summed E-state index contributed by atoms with van der Waals surface area (Å²) in [6.07, 6.45) is 1.64. The monoisotopic (exact) mass is 541 g/mol. The molecule has 35 heavy (non-hydrogen) atoms. The molecule has 0 radical (unpaired) electrons. The Morgan fingerprint density at radius 1 is 1.17 bits per heavy atom. The molecule has 2 atom stereocenters. The van der Waals surface area contributed by atoms with Gasteiger partial charge in [-0.3, -0.25) is 14.4 Å². The van der Waals surface area contributed by atoms with Gasteiger partial charge in [-0.1, -0.05) is 48.8 Å². The van der Waals surface area contributed by atoms with E-state index in [1.165, 1.54) is 19.2 Å². The van der Waals surface area contributed by atoms with Crippen LogP contribution in [0.15, 0.2) is 22.7 Å². The summed E-state index contributed by atoms with van der Waals surface area (Å²) in [7, 11) is 1.17. The van der Waals surface area contributed by atoms with Crippen LogP contribution >= 0.6 is 35.0 Å².